The Morgan fingerprint density at radius 2 is 1.76 bits per heavy atom. The van der Waals surface area contributed by atoms with Crippen LogP contribution >= 0.6 is 0 Å². The number of carbonyl (C=O) groups is 2. The van der Waals surface area contributed by atoms with Crippen molar-refractivity contribution >= 4 is 11.8 Å². The Morgan fingerprint density at radius 3 is 2.38 bits per heavy atom. The third kappa shape index (κ3) is 2.47. The molecule has 4 heteroatoms. The van der Waals surface area contributed by atoms with Crippen molar-refractivity contribution in [3.8, 4) is 0 Å². The zero-order valence-corrected chi connectivity index (χ0v) is 12.8. The Morgan fingerprint density at radius 1 is 1.05 bits per heavy atom. The molecule has 1 N–H and O–H groups in total. The average molecular weight is 290 g/mol. The largest absolute Gasteiger partial charge is 0.340 e. The summed E-state index contributed by atoms with van der Waals surface area (Å²) < 4.78 is 0. The van der Waals surface area contributed by atoms with Gasteiger partial charge in [0, 0.05) is 6.54 Å². The summed E-state index contributed by atoms with van der Waals surface area (Å²) in [6.07, 6.45) is 11.0. The highest BCUT2D eigenvalue weighted by atomic mass is 16.2. The van der Waals surface area contributed by atoms with E-state index in [-0.39, 0.29) is 17.9 Å². The maximum absolute atomic E-state index is 13.1. The van der Waals surface area contributed by atoms with Crippen molar-refractivity contribution in [1.29, 1.82) is 0 Å². The highest BCUT2D eigenvalue weighted by molar-refractivity contribution is 6.00. The molecule has 1 spiro atoms. The first-order valence-corrected chi connectivity index (χ1v) is 8.83. The van der Waals surface area contributed by atoms with E-state index in [0.717, 1.165) is 57.4 Å². The molecule has 4 aliphatic rings. The van der Waals surface area contributed by atoms with Crippen molar-refractivity contribution in [2.24, 2.45) is 11.8 Å². The highest BCUT2D eigenvalue weighted by Crippen LogP contribution is 2.42. The van der Waals surface area contributed by atoms with Gasteiger partial charge in [-0.2, -0.15) is 0 Å². The molecule has 0 aromatic heterocycles. The SMILES string of the molecule is O=C1NC2(CCCCC2)C(=O)N(CCC2CC2)C1C1CC1. The lowest BCUT2D eigenvalue weighted by molar-refractivity contribution is -0.157. The molecule has 3 saturated carbocycles. The molecule has 0 radical (unpaired) electrons. The molecule has 0 aromatic carbocycles. The molecule has 0 bridgehead atoms. The van der Waals surface area contributed by atoms with E-state index in [9.17, 15) is 9.59 Å². The number of nitrogens with zero attached hydrogens (tertiary/aromatic N) is 1. The Balaban J connectivity index is 1.56. The quantitative estimate of drug-likeness (QED) is 0.863. The number of carbonyl (C=O) groups excluding carboxylic acids is 2. The second kappa shape index (κ2) is 4.99. The van der Waals surface area contributed by atoms with Crippen molar-refractivity contribution in [3.05, 3.63) is 0 Å². The van der Waals surface area contributed by atoms with Crippen molar-refractivity contribution in [1.82, 2.24) is 10.2 Å². The minimum absolute atomic E-state index is 0.134. The van der Waals surface area contributed by atoms with E-state index < -0.39 is 5.54 Å². The molecule has 1 atom stereocenters. The summed E-state index contributed by atoms with van der Waals surface area (Å²) in [5, 5.41) is 3.16. The van der Waals surface area contributed by atoms with Gasteiger partial charge in [0.05, 0.1) is 0 Å². The summed E-state index contributed by atoms with van der Waals surface area (Å²) in [5.41, 5.74) is -0.551. The van der Waals surface area contributed by atoms with Crippen LogP contribution in [0, 0.1) is 11.8 Å². The van der Waals surface area contributed by atoms with Crippen LogP contribution < -0.4 is 5.32 Å². The molecule has 0 aromatic rings. The third-order valence-electron chi connectivity index (χ3n) is 5.89. The van der Waals surface area contributed by atoms with Crippen molar-refractivity contribution in [2.75, 3.05) is 6.54 Å². The summed E-state index contributed by atoms with van der Waals surface area (Å²) in [6, 6.07) is -0.163. The van der Waals surface area contributed by atoms with E-state index >= 15 is 0 Å². The van der Waals surface area contributed by atoms with E-state index in [4.69, 9.17) is 0 Å². The first-order chi connectivity index (χ1) is 10.2. The van der Waals surface area contributed by atoms with Crippen LogP contribution in [0.1, 0.15) is 64.2 Å². The molecule has 1 unspecified atom stereocenters. The first-order valence-electron chi connectivity index (χ1n) is 8.83. The third-order valence-corrected chi connectivity index (χ3v) is 5.89. The van der Waals surface area contributed by atoms with E-state index in [2.05, 4.69) is 5.32 Å². The molecule has 21 heavy (non-hydrogen) atoms. The van der Waals surface area contributed by atoms with Crippen LogP contribution in [0.25, 0.3) is 0 Å². The summed E-state index contributed by atoms with van der Waals surface area (Å²) in [4.78, 5) is 27.8. The molecule has 1 saturated heterocycles. The van der Waals surface area contributed by atoms with E-state index in [0.29, 0.717) is 5.92 Å². The van der Waals surface area contributed by atoms with Crippen molar-refractivity contribution in [2.45, 2.75) is 75.8 Å². The van der Waals surface area contributed by atoms with Crippen LogP contribution in [0.5, 0.6) is 0 Å². The van der Waals surface area contributed by atoms with Crippen LogP contribution in [-0.4, -0.2) is 34.8 Å². The molecule has 1 aliphatic heterocycles. The van der Waals surface area contributed by atoms with Gasteiger partial charge in [0.1, 0.15) is 11.6 Å². The van der Waals surface area contributed by atoms with E-state index in [1.165, 1.54) is 19.3 Å². The van der Waals surface area contributed by atoms with Gasteiger partial charge in [0.25, 0.3) is 0 Å². The number of piperazine rings is 1. The van der Waals surface area contributed by atoms with E-state index in [1.54, 1.807) is 0 Å². The molecule has 116 valence electrons. The van der Waals surface area contributed by atoms with Gasteiger partial charge in [-0.05, 0) is 43.9 Å². The molecule has 4 fully saturated rings. The van der Waals surface area contributed by atoms with Gasteiger partial charge in [-0.3, -0.25) is 9.59 Å². The predicted octanol–water partition coefficient (Wildman–Crippen LogP) is 2.23. The number of nitrogens with one attached hydrogen (secondary N) is 1. The topological polar surface area (TPSA) is 49.4 Å². The summed E-state index contributed by atoms with van der Waals surface area (Å²) in [6.45, 7) is 0.805. The van der Waals surface area contributed by atoms with E-state index in [1.807, 2.05) is 4.90 Å². The van der Waals surface area contributed by atoms with Gasteiger partial charge in [-0.15, -0.1) is 0 Å². The normalized spacial score (nSPS) is 32.4. The van der Waals surface area contributed by atoms with Crippen LogP contribution in [-0.2, 0) is 9.59 Å². The summed E-state index contributed by atoms with van der Waals surface area (Å²) in [7, 11) is 0. The van der Waals surface area contributed by atoms with Gasteiger partial charge >= 0.3 is 0 Å². The van der Waals surface area contributed by atoms with Crippen molar-refractivity contribution < 1.29 is 9.59 Å². The molecule has 1 heterocycles. The molecule has 4 nitrogen and oxygen atoms in total. The molecular weight excluding hydrogens is 264 g/mol. The van der Waals surface area contributed by atoms with Crippen molar-refractivity contribution in [3.63, 3.8) is 0 Å². The zero-order valence-electron chi connectivity index (χ0n) is 12.8. The van der Waals surface area contributed by atoms with Crippen LogP contribution in [0.15, 0.2) is 0 Å². The molecule has 3 aliphatic carbocycles. The fraction of sp³-hybridized carbons (Fsp3) is 0.882. The minimum Gasteiger partial charge on any atom is -0.340 e. The van der Waals surface area contributed by atoms with Crippen LogP contribution in [0.2, 0.25) is 0 Å². The molecule has 4 rings (SSSR count). The fourth-order valence-corrected chi connectivity index (χ4v) is 4.25. The Bertz CT molecular complexity index is 448. The standard InChI is InChI=1S/C17H26N2O2/c20-15-14(13-6-7-13)19(11-8-12-4-5-12)16(21)17(18-15)9-2-1-3-10-17/h12-14H,1-11H2,(H,18,20). The summed E-state index contributed by atoms with van der Waals surface area (Å²) in [5.74, 6) is 1.60. The predicted molar refractivity (Wildman–Crippen MR) is 79.5 cm³/mol. The van der Waals surface area contributed by atoms with Gasteiger partial charge < -0.3 is 10.2 Å². The number of amides is 2. The lowest BCUT2D eigenvalue weighted by Gasteiger charge is -2.48. The second-order valence-corrected chi connectivity index (χ2v) is 7.64. The van der Waals surface area contributed by atoms with Gasteiger partial charge in [0.2, 0.25) is 11.8 Å². The maximum Gasteiger partial charge on any atom is 0.249 e. The summed E-state index contributed by atoms with van der Waals surface area (Å²) >= 11 is 0. The Labute approximate surface area is 126 Å². The highest BCUT2D eigenvalue weighted by Gasteiger charge is 2.54. The molecular formula is C17H26N2O2. The molecule has 2 amide bonds. The Hall–Kier alpha value is -1.06. The minimum atomic E-state index is -0.551. The van der Waals surface area contributed by atoms with Gasteiger partial charge in [-0.1, -0.05) is 32.1 Å². The lowest BCUT2D eigenvalue weighted by Crippen LogP contribution is -2.71. The number of rotatable bonds is 4. The zero-order chi connectivity index (χ0) is 14.4. The van der Waals surface area contributed by atoms with Gasteiger partial charge in [0.15, 0.2) is 0 Å². The van der Waals surface area contributed by atoms with Crippen LogP contribution in [0.4, 0.5) is 0 Å². The lowest BCUT2D eigenvalue weighted by atomic mass is 9.78. The first kappa shape index (κ1) is 13.6. The second-order valence-electron chi connectivity index (χ2n) is 7.64. The maximum atomic E-state index is 13.1. The average Bonchev–Trinajstić information content (AvgIpc) is 3.36. The van der Waals surface area contributed by atoms with Gasteiger partial charge in [-0.25, -0.2) is 0 Å². The smallest absolute Gasteiger partial charge is 0.249 e. The fourth-order valence-electron chi connectivity index (χ4n) is 4.25. The Kier molecular flexibility index (Phi) is 3.23. The number of hydrogen-bond acceptors (Lipinski definition) is 2. The van der Waals surface area contributed by atoms with Crippen LogP contribution in [0.3, 0.4) is 0 Å². The monoisotopic (exact) mass is 290 g/mol. The number of hydrogen-bond donors (Lipinski definition) is 1.